The van der Waals surface area contributed by atoms with Gasteiger partial charge in [-0.2, -0.15) is 26.3 Å². The fourth-order valence-corrected chi connectivity index (χ4v) is 2.29. The van der Waals surface area contributed by atoms with Gasteiger partial charge in [-0.05, 0) is 12.8 Å². The molecule has 1 rings (SSSR count). The van der Waals surface area contributed by atoms with E-state index in [2.05, 4.69) is 0 Å². The molecule has 0 radical (unpaired) electrons. The number of likely N-dealkylation sites (tertiary alicyclic amines) is 1. The molecule has 1 N–H and O–H groups in total. The van der Waals surface area contributed by atoms with E-state index in [1.54, 1.807) is 0 Å². The smallest absolute Gasteiger partial charge is 0.394 e. The summed E-state index contributed by atoms with van der Waals surface area (Å²) in [6, 6.07) is -0.989. The van der Waals surface area contributed by atoms with Gasteiger partial charge in [-0.25, -0.2) is 0 Å². The molecule has 1 aliphatic heterocycles. The van der Waals surface area contributed by atoms with Crippen LogP contribution in [0.1, 0.15) is 25.7 Å². The molecule has 0 aromatic heterocycles. The normalized spacial score (nSPS) is 22.0. The van der Waals surface area contributed by atoms with Gasteiger partial charge >= 0.3 is 12.4 Å². The topological polar surface area (TPSA) is 40.5 Å². The zero-order chi connectivity index (χ0) is 15.6. The van der Waals surface area contributed by atoms with E-state index >= 15 is 0 Å². The summed E-state index contributed by atoms with van der Waals surface area (Å²) in [6.07, 6.45) is -9.71. The van der Waals surface area contributed by atoms with Gasteiger partial charge in [0, 0.05) is 6.54 Å². The number of amides is 1. The molecular formula is C11H15F6NO2. The Morgan fingerprint density at radius 2 is 1.65 bits per heavy atom. The Bertz CT molecular complexity index is 327. The summed E-state index contributed by atoms with van der Waals surface area (Å²) in [7, 11) is 0. The van der Waals surface area contributed by atoms with Crippen LogP contribution < -0.4 is 0 Å². The molecule has 3 nitrogen and oxygen atoms in total. The zero-order valence-electron chi connectivity index (χ0n) is 10.5. The fraction of sp³-hybridized carbons (Fsp3) is 0.909. The van der Waals surface area contributed by atoms with Crippen molar-refractivity contribution >= 4 is 5.91 Å². The number of aliphatic hydroxyl groups is 1. The second-order valence-electron chi connectivity index (χ2n) is 4.73. The first-order chi connectivity index (χ1) is 9.09. The molecule has 0 spiro atoms. The van der Waals surface area contributed by atoms with Crippen LogP contribution >= 0.6 is 0 Å². The maximum Gasteiger partial charge on any atom is 0.409 e. The summed E-state index contributed by atoms with van der Waals surface area (Å²) in [4.78, 5) is 12.2. The molecule has 1 heterocycles. The molecule has 1 fully saturated rings. The zero-order valence-corrected chi connectivity index (χ0v) is 10.5. The third-order valence-electron chi connectivity index (χ3n) is 3.27. The molecule has 0 saturated carbocycles. The molecule has 1 unspecified atom stereocenters. The van der Waals surface area contributed by atoms with Crippen molar-refractivity contribution in [2.24, 2.45) is 5.92 Å². The van der Waals surface area contributed by atoms with E-state index in [4.69, 9.17) is 5.11 Å². The molecule has 0 aliphatic carbocycles. The number of halogens is 6. The maximum absolute atomic E-state index is 12.5. The lowest BCUT2D eigenvalue weighted by atomic mass is 10.0. The Morgan fingerprint density at radius 3 is 2.10 bits per heavy atom. The van der Waals surface area contributed by atoms with E-state index in [1.807, 2.05) is 0 Å². The highest BCUT2D eigenvalue weighted by atomic mass is 19.4. The fourth-order valence-electron chi connectivity index (χ4n) is 2.29. The number of nitrogens with zero attached hydrogens (tertiary/aromatic N) is 1. The summed E-state index contributed by atoms with van der Waals surface area (Å²) in [5.41, 5.74) is 0. The third kappa shape index (κ3) is 4.00. The predicted octanol–water partition coefficient (Wildman–Crippen LogP) is 2.49. The van der Waals surface area contributed by atoms with Crippen LogP contribution in [0.4, 0.5) is 26.3 Å². The summed E-state index contributed by atoms with van der Waals surface area (Å²) >= 11 is 0. The Balaban J connectivity index is 3.03. The average molecular weight is 307 g/mol. The Kier molecular flexibility index (Phi) is 5.28. The van der Waals surface area contributed by atoms with Crippen molar-refractivity contribution < 1.29 is 36.2 Å². The highest BCUT2D eigenvalue weighted by Gasteiger charge is 2.62. The predicted molar refractivity (Wildman–Crippen MR) is 56.7 cm³/mol. The monoisotopic (exact) mass is 307 g/mol. The molecule has 1 amide bonds. The first kappa shape index (κ1) is 17.1. The van der Waals surface area contributed by atoms with E-state index in [0.717, 1.165) is 0 Å². The number of hydrogen-bond donors (Lipinski definition) is 1. The summed E-state index contributed by atoms with van der Waals surface area (Å²) in [5.74, 6) is -6.05. The molecule has 1 saturated heterocycles. The van der Waals surface area contributed by atoms with Gasteiger partial charge in [-0.15, -0.1) is 0 Å². The third-order valence-corrected chi connectivity index (χ3v) is 3.27. The van der Waals surface area contributed by atoms with Crippen molar-refractivity contribution in [3.05, 3.63) is 0 Å². The Labute approximate surface area is 111 Å². The van der Waals surface area contributed by atoms with Crippen molar-refractivity contribution in [1.82, 2.24) is 4.90 Å². The van der Waals surface area contributed by atoms with Crippen molar-refractivity contribution in [2.45, 2.75) is 44.1 Å². The highest BCUT2D eigenvalue weighted by Crippen LogP contribution is 2.41. The van der Waals surface area contributed by atoms with Gasteiger partial charge in [-0.3, -0.25) is 4.79 Å². The molecular weight excluding hydrogens is 292 g/mol. The lowest BCUT2D eigenvalue weighted by molar-refractivity contribution is -0.278. The number of rotatable bonds is 2. The summed E-state index contributed by atoms with van der Waals surface area (Å²) < 4.78 is 75.1. The van der Waals surface area contributed by atoms with Crippen LogP contribution in [-0.4, -0.2) is 47.5 Å². The quantitative estimate of drug-likeness (QED) is 0.796. The van der Waals surface area contributed by atoms with E-state index in [0.29, 0.717) is 24.2 Å². The standard InChI is InChI=1S/C11H15F6NO2/c12-10(13,14)8(11(15,16)17)9(20)18-5-3-1-2-4-7(18)6-19/h7-8,19H,1-6H2. The van der Waals surface area contributed by atoms with Gasteiger partial charge in [0.15, 0.2) is 0 Å². The molecule has 1 aliphatic rings. The van der Waals surface area contributed by atoms with Crippen LogP contribution in [0.5, 0.6) is 0 Å². The van der Waals surface area contributed by atoms with Crippen LogP contribution in [-0.2, 0) is 4.79 Å². The Morgan fingerprint density at radius 1 is 1.10 bits per heavy atom. The van der Waals surface area contributed by atoms with Crippen LogP contribution in [0, 0.1) is 5.92 Å². The molecule has 9 heteroatoms. The molecule has 1 atom stereocenters. The van der Waals surface area contributed by atoms with Crippen LogP contribution in [0.15, 0.2) is 0 Å². The molecule has 0 aromatic rings. The van der Waals surface area contributed by atoms with E-state index in [1.165, 1.54) is 0 Å². The number of aliphatic hydroxyl groups excluding tert-OH is 1. The van der Waals surface area contributed by atoms with Gasteiger partial charge in [-0.1, -0.05) is 12.8 Å². The van der Waals surface area contributed by atoms with Crippen molar-refractivity contribution in [2.75, 3.05) is 13.2 Å². The van der Waals surface area contributed by atoms with Crippen molar-refractivity contribution in [3.63, 3.8) is 0 Å². The number of alkyl halides is 6. The first-order valence-corrected chi connectivity index (χ1v) is 6.13. The molecule has 0 bridgehead atoms. The summed E-state index contributed by atoms with van der Waals surface area (Å²) in [6.45, 7) is -0.846. The van der Waals surface area contributed by atoms with Crippen LogP contribution in [0.2, 0.25) is 0 Å². The maximum atomic E-state index is 12.5. The number of hydrogen-bond acceptors (Lipinski definition) is 2. The van der Waals surface area contributed by atoms with Gasteiger partial charge < -0.3 is 10.0 Å². The minimum absolute atomic E-state index is 0.199. The minimum atomic E-state index is -5.69. The number of carbonyl (C=O) groups is 1. The molecule has 118 valence electrons. The van der Waals surface area contributed by atoms with Crippen molar-refractivity contribution in [3.8, 4) is 0 Å². The van der Waals surface area contributed by atoms with Gasteiger partial charge in [0.1, 0.15) is 0 Å². The van der Waals surface area contributed by atoms with E-state index in [9.17, 15) is 31.1 Å². The van der Waals surface area contributed by atoms with Crippen molar-refractivity contribution in [1.29, 1.82) is 0 Å². The van der Waals surface area contributed by atoms with E-state index < -0.39 is 36.8 Å². The largest absolute Gasteiger partial charge is 0.409 e. The lowest BCUT2D eigenvalue weighted by Crippen LogP contribution is -2.53. The average Bonchev–Trinajstić information content (AvgIpc) is 2.49. The molecule has 20 heavy (non-hydrogen) atoms. The lowest BCUT2D eigenvalue weighted by Gasteiger charge is -2.33. The molecule has 0 aromatic carbocycles. The summed E-state index contributed by atoms with van der Waals surface area (Å²) in [5, 5.41) is 9.07. The SMILES string of the molecule is O=C(C(C(F)(F)F)C(F)(F)F)N1CCCCCC1CO. The van der Waals surface area contributed by atoms with Gasteiger partial charge in [0.25, 0.3) is 0 Å². The second kappa shape index (κ2) is 6.19. The first-order valence-electron chi connectivity index (χ1n) is 6.13. The number of carbonyl (C=O) groups excluding carboxylic acids is 1. The second-order valence-corrected chi connectivity index (χ2v) is 4.73. The Hall–Kier alpha value is -0.990. The van der Waals surface area contributed by atoms with E-state index in [-0.39, 0.29) is 13.0 Å². The minimum Gasteiger partial charge on any atom is -0.394 e. The highest BCUT2D eigenvalue weighted by molar-refractivity contribution is 5.80. The van der Waals surface area contributed by atoms with Gasteiger partial charge in [0.2, 0.25) is 11.8 Å². The van der Waals surface area contributed by atoms with Crippen LogP contribution in [0.3, 0.4) is 0 Å². The van der Waals surface area contributed by atoms with Gasteiger partial charge in [0.05, 0.1) is 12.6 Å². The van der Waals surface area contributed by atoms with Crippen LogP contribution in [0.25, 0.3) is 0 Å².